The van der Waals surface area contributed by atoms with Crippen LogP contribution in [0.2, 0.25) is 0 Å². The quantitative estimate of drug-likeness (QED) is 0.670. The Morgan fingerprint density at radius 2 is 1.94 bits per heavy atom. The van der Waals surface area contributed by atoms with Gasteiger partial charge < -0.3 is 4.74 Å². The van der Waals surface area contributed by atoms with Crippen molar-refractivity contribution in [2.24, 2.45) is 23.7 Å². The minimum Gasteiger partial charge on any atom is -0.381 e. The Morgan fingerprint density at radius 3 is 2.44 bits per heavy atom. The van der Waals surface area contributed by atoms with E-state index in [4.69, 9.17) is 4.74 Å². The van der Waals surface area contributed by atoms with Crippen molar-refractivity contribution >= 4 is 0 Å². The van der Waals surface area contributed by atoms with Crippen LogP contribution in [0.5, 0.6) is 0 Å². The molecule has 0 aliphatic heterocycles. The third kappa shape index (κ3) is 3.76. The SMILES string of the molecule is CCC(CC(C)C)C1CCC(C)CC1OC. The molecule has 0 heterocycles. The van der Waals surface area contributed by atoms with Crippen molar-refractivity contribution < 1.29 is 4.74 Å². The lowest BCUT2D eigenvalue weighted by Gasteiger charge is -2.39. The molecule has 0 aromatic carbocycles. The molecule has 0 aromatic rings. The molecule has 0 bridgehead atoms. The largest absolute Gasteiger partial charge is 0.381 e. The highest BCUT2D eigenvalue weighted by atomic mass is 16.5. The Morgan fingerprint density at radius 1 is 1.25 bits per heavy atom. The Bertz CT molecular complexity index is 188. The maximum absolute atomic E-state index is 5.74. The second kappa shape index (κ2) is 6.64. The third-order valence-corrected chi connectivity index (χ3v) is 4.31. The highest BCUT2D eigenvalue weighted by Gasteiger charge is 2.33. The van der Waals surface area contributed by atoms with E-state index in [-0.39, 0.29) is 0 Å². The maximum Gasteiger partial charge on any atom is 0.0604 e. The van der Waals surface area contributed by atoms with Gasteiger partial charge in [-0.1, -0.05) is 40.5 Å². The first-order valence-electron chi connectivity index (χ1n) is 7.11. The summed E-state index contributed by atoms with van der Waals surface area (Å²) in [4.78, 5) is 0. The standard InChI is InChI=1S/C15H30O/c1-6-13(9-11(2)3)14-8-7-12(4)10-15(14)16-5/h11-15H,6-10H2,1-5H3. The number of rotatable bonds is 5. The fourth-order valence-corrected chi connectivity index (χ4v) is 3.41. The lowest BCUT2D eigenvalue weighted by molar-refractivity contribution is -0.0206. The molecule has 16 heavy (non-hydrogen) atoms. The smallest absolute Gasteiger partial charge is 0.0604 e. The van der Waals surface area contributed by atoms with Crippen molar-refractivity contribution in [3.8, 4) is 0 Å². The van der Waals surface area contributed by atoms with E-state index in [1.165, 1.54) is 32.1 Å². The van der Waals surface area contributed by atoms with E-state index >= 15 is 0 Å². The zero-order valence-electron chi connectivity index (χ0n) is 11.8. The second-order valence-corrected chi connectivity index (χ2v) is 6.15. The molecule has 1 nitrogen and oxygen atoms in total. The Labute approximate surface area is 102 Å². The third-order valence-electron chi connectivity index (χ3n) is 4.31. The molecular formula is C15H30O. The van der Waals surface area contributed by atoms with E-state index in [0.717, 1.165) is 23.7 Å². The molecule has 0 N–H and O–H groups in total. The summed E-state index contributed by atoms with van der Waals surface area (Å²) < 4.78 is 5.74. The Balaban J connectivity index is 2.59. The van der Waals surface area contributed by atoms with Gasteiger partial charge in [-0.3, -0.25) is 0 Å². The molecule has 0 saturated heterocycles. The molecule has 1 saturated carbocycles. The molecule has 1 aliphatic carbocycles. The van der Waals surface area contributed by atoms with Gasteiger partial charge >= 0.3 is 0 Å². The van der Waals surface area contributed by atoms with Gasteiger partial charge in [0.1, 0.15) is 0 Å². The van der Waals surface area contributed by atoms with Gasteiger partial charge in [0.2, 0.25) is 0 Å². The van der Waals surface area contributed by atoms with E-state index < -0.39 is 0 Å². The highest BCUT2D eigenvalue weighted by molar-refractivity contribution is 4.84. The molecule has 0 aromatic heterocycles. The van der Waals surface area contributed by atoms with E-state index in [1.807, 2.05) is 7.11 Å². The van der Waals surface area contributed by atoms with Gasteiger partial charge in [-0.25, -0.2) is 0 Å². The lowest BCUT2D eigenvalue weighted by atomic mass is 9.71. The second-order valence-electron chi connectivity index (χ2n) is 6.15. The summed E-state index contributed by atoms with van der Waals surface area (Å²) in [5, 5.41) is 0. The molecule has 0 spiro atoms. The fourth-order valence-electron chi connectivity index (χ4n) is 3.41. The van der Waals surface area contributed by atoms with Gasteiger partial charge in [-0.15, -0.1) is 0 Å². The molecule has 1 aliphatic rings. The maximum atomic E-state index is 5.74. The van der Waals surface area contributed by atoms with Gasteiger partial charge in [0.25, 0.3) is 0 Å². The predicted octanol–water partition coefficient (Wildman–Crippen LogP) is 4.51. The molecule has 4 atom stereocenters. The van der Waals surface area contributed by atoms with Crippen molar-refractivity contribution in [1.29, 1.82) is 0 Å². The first-order chi connectivity index (χ1) is 7.58. The molecule has 0 radical (unpaired) electrons. The van der Waals surface area contributed by atoms with Crippen LogP contribution in [0.4, 0.5) is 0 Å². The number of ether oxygens (including phenoxy) is 1. The topological polar surface area (TPSA) is 9.23 Å². The molecule has 0 amide bonds. The van der Waals surface area contributed by atoms with Gasteiger partial charge in [0.15, 0.2) is 0 Å². The fraction of sp³-hybridized carbons (Fsp3) is 1.00. The minimum absolute atomic E-state index is 0.521. The molecule has 96 valence electrons. The van der Waals surface area contributed by atoms with Gasteiger partial charge in [-0.2, -0.15) is 0 Å². The van der Waals surface area contributed by atoms with Gasteiger partial charge in [-0.05, 0) is 42.9 Å². The molecule has 4 unspecified atom stereocenters. The zero-order chi connectivity index (χ0) is 12.1. The summed E-state index contributed by atoms with van der Waals surface area (Å²) in [6.07, 6.45) is 7.26. The van der Waals surface area contributed by atoms with Crippen LogP contribution in [-0.2, 0) is 4.74 Å². The van der Waals surface area contributed by atoms with Gasteiger partial charge in [0.05, 0.1) is 6.10 Å². The van der Waals surface area contributed by atoms with E-state index in [0.29, 0.717) is 6.10 Å². The highest BCUT2D eigenvalue weighted by Crippen LogP contribution is 2.38. The van der Waals surface area contributed by atoms with Crippen LogP contribution in [0.3, 0.4) is 0 Å². The number of methoxy groups -OCH3 is 1. The van der Waals surface area contributed by atoms with E-state index in [1.54, 1.807) is 0 Å². The molecule has 1 rings (SSSR count). The molecule has 1 fully saturated rings. The first kappa shape index (κ1) is 14.0. The monoisotopic (exact) mass is 226 g/mol. The van der Waals surface area contributed by atoms with Crippen LogP contribution in [0.15, 0.2) is 0 Å². The predicted molar refractivity (Wildman–Crippen MR) is 70.5 cm³/mol. The Kier molecular flexibility index (Phi) is 5.82. The summed E-state index contributed by atoms with van der Waals surface area (Å²) in [7, 11) is 1.90. The van der Waals surface area contributed by atoms with Crippen LogP contribution < -0.4 is 0 Å². The van der Waals surface area contributed by atoms with Crippen LogP contribution in [0.1, 0.15) is 59.8 Å². The van der Waals surface area contributed by atoms with Crippen LogP contribution in [0, 0.1) is 23.7 Å². The average molecular weight is 226 g/mol. The minimum atomic E-state index is 0.521. The van der Waals surface area contributed by atoms with Crippen molar-refractivity contribution in [3.63, 3.8) is 0 Å². The number of hydrogen-bond donors (Lipinski definition) is 0. The zero-order valence-corrected chi connectivity index (χ0v) is 11.8. The summed E-state index contributed by atoms with van der Waals surface area (Å²) in [6.45, 7) is 9.40. The first-order valence-corrected chi connectivity index (χ1v) is 7.11. The van der Waals surface area contributed by atoms with Crippen molar-refractivity contribution in [2.45, 2.75) is 65.9 Å². The normalized spacial score (nSPS) is 33.0. The lowest BCUT2D eigenvalue weighted by Crippen LogP contribution is -2.35. The van der Waals surface area contributed by atoms with Crippen molar-refractivity contribution in [3.05, 3.63) is 0 Å². The summed E-state index contributed by atoms with van der Waals surface area (Å²) >= 11 is 0. The van der Waals surface area contributed by atoms with Crippen molar-refractivity contribution in [1.82, 2.24) is 0 Å². The van der Waals surface area contributed by atoms with E-state index in [9.17, 15) is 0 Å². The van der Waals surface area contributed by atoms with E-state index in [2.05, 4.69) is 27.7 Å². The number of hydrogen-bond acceptors (Lipinski definition) is 1. The average Bonchev–Trinajstić information content (AvgIpc) is 2.25. The van der Waals surface area contributed by atoms with Crippen LogP contribution in [0.25, 0.3) is 0 Å². The summed E-state index contributed by atoms with van der Waals surface area (Å²) in [5.74, 6) is 3.37. The van der Waals surface area contributed by atoms with Crippen LogP contribution in [-0.4, -0.2) is 13.2 Å². The summed E-state index contributed by atoms with van der Waals surface area (Å²) in [6, 6.07) is 0. The van der Waals surface area contributed by atoms with Crippen LogP contribution >= 0.6 is 0 Å². The molecular weight excluding hydrogens is 196 g/mol. The molecule has 1 heteroatoms. The Hall–Kier alpha value is -0.0400. The summed E-state index contributed by atoms with van der Waals surface area (Å²) in [5.41, 5.74) is 0. The van der Waals surface area contributed by atoms with Gasteiger partial charge in [0, 0.05) is 7.11 Å². The van der Waals surface area contributed by atoms with Crippen molar-refractivity contribution in [2.75, 3.05) is 7.11 Å².